The van der Waals surface area contributed by atoms with Crippen LogP contribution in [0, 0.1) is 15.5 Å². The minimum atomic E-state index is -0.783. The van der Waals surface area contributed by atoms with Crippen molar-refractivity contribution >= 4 is 11.8 Å². The molecular formula is C22H29N3O5. The highest BCUT2D eigenvalue weighted by molar-refractivity contribution is 5.66. The number of rotatable bonds is 9. The van der Waals surface area contributed by atoms with E-state index < -0.39 is 17.1 Å². The molecule has 0 bridgehead atoms. The Kier molecular flexibility index (Phi) is 8.32. The van der Waals surface area contributed by atoms with Crippen LogP contribution >= 0.6 is 0 Å². The fraction of sp³-hybridized carbons (Fsp3) is 0.409. The zero-order valence-corrected chi connectivity index (χ0v) is 17.6. The van der Waals surface area contributed by atoms with Gasteiger partial charge in [-0.3, -0.25) is 15.3 Å². The predicted octanol–water partition coefficient (Wildman–Crippen LogP) is 4.69. The van der Waals surface area contributed by atoms with Gasteiger partial charge in [0.15, 0.2) is 0 Å². The van der Waals surface area contributed by atoms with E-state index in [0.717, 1.165) is 11.1 Å². The maximum absolute atomic E-state index is 12.3. The van der Waals surface area contributed by atoms with Gasteiger partial charge < -0.3 is 10.1 Å². The number of amides is 1. The smallest absolute Gasteiger partial charge is 0.434 e. The van der Waals surface area contributed by atoms with Crippen molar-refractivity contribution in [2.45, 2.75) is 39.8 Å². The quantitative estimate of drug-likeness (QED) is 0.266. The fourth-order valence-electron chi connectivity index (χ4n) is 2.95. The summed E-state index contributed by atoms with van der Waals surface area (Å²) in [6.45, 7) is 7.14. The van der Waals surface area contributed by atoms with Crippen LogP contribution in [0.5, 0.6) is 0 Å². The summed E-state index contributed by atoms with van der Waals surface area (Å²) in [5, 5.41) is 24.5. The van der Waals surface area contributed by atoms with Gasteiger partial charge in [0, 0.05) is 24.1 Å². The van der Waals surface area contributed by atoms with Gasteiger partial charge in [-0.1, -0.05) is 63.2 Å². The van der Waals surface area contributed by atoms with Gasteiger partial charge in [-0.15, -0.1) is 0 Å². The highest BCUT2D eigenvalue weighted by atomic mass is 16.6. The number of hydrogen-bond acceptors (Lipinski definition) is 6. The number of hydrogen-bond donors (Lipinski definition) is 2. The lowest BCUT2D eigenvalue weighted by molar-refractivity contribution is -0.384. The lowest BCUT2D eigenvalue weighted by atomic mass is 9.84. The van der Waals surface area contributed by atoms with Crippen LogP contribution in [0.25, 0.3) is 0 Å². The number of ether oxygens (including phenoxy) is 1. The molecule has 0 spiro atoms. The van der Waals surface area contributed by atoms with Crippen molar-refractivity contribution in [3.63, 3.8) is 0 Å². The second kappa shape index (κ2) is 10.7. The van der Waals surface area contributed by atoms with Crippen molar-refractivity contribution in [1.29, 1.82) is 0 Å². The molecule has 1 unspecified atom stereocenters. The first-order valence-electron chi connectivity index (χ1n) is 9.84. The number of hydroxylamine groups is 2. The van der Waals surface area contributed by atoms with Crippen LogP contribution in [0.4, 0.5) is 10.5 Å². The molecule has 0 aliphatic heterocycles. The number of non-ortho nitro benzene ring substituents is 1. The van der Waals surface area contributed by atoms with Crippen LogP contribution in [0.2, 0.25) is 0 Å². The second-order valence-electron chi connectivity index (χ2n) is 8.12. The van der Waals surface area contributed by atoms with Crippen LogP contribution < -0.4 is 5.32 Å². The van der Waals surface area contributed by atoms with Crippen molar-refractivity contribution < 1.29 is 19.7 Å². The SMILES string of the molecule is CC(C)(C)C(OC(=O)N(O)CCCNCc1ccc([N+](=O)[O-])cc1)c1ccccc1. The lowest BCUT2D eigenvalue weighted by Gasteiger charge is -2.31. The third-order valence-corrected chi connectivity index (χ3v) is 4.52. The van der Waals surface area contributed by atoms with E-state index >= 15 is 0 Å². The largest absolute Gasteiger partial charge is 0.439 e. The first-order chi connectivity index (χ1) is 14.2. The standard InChI is InChI=1S/C22H29N3O5/c1-22(2,3)20(18-8-5-4-6-9-18)30-21(26)24(27)15-7-14-23-16-17-10-12-19(13-11-17)25(28)29/h4-6,8-13,20,23,27H,7,14-16H2,1-3H3. The van der Waals surface area contributed by atoms with Crippen LogP contribution in [-0.2, 0) is 11.3 Å². The molecule has 2 N–H and O–H groups in total. The van der Waals surface area contributed by atoms with Gasteiger partial charge in [0.25, 0.3) is 5.69 Å². The van der Waals surface area contributed by atoms with Gasteiger partial charge in [-0.2, -0.15) is 5.06 Å². The van der Waals surface area contributed by atoms with Crippen molar-refractivity contribution in [2.24, 2.45) is 5.41 Å². The molecule has 0 saturated carbocycles. The van der Waals surface area contributed by atoms with Gasteiger partial charge in [-0.05, 0) is 24.1 Å². The Hall–Kier alpha value is -2.97. The molecule has 0 aromatic heterocycles. The third-order valence-electron chi connectivity index (χ3n) is 4.52. The van der Waals surface area contributed by atoms with E-state index in [1.165, 1.54) is 12.1 Å². The molecule has 8 nitrogen and oxygen atoms in total. The topological polar surface area (TPSA) is 105 Å². The summed E-state index contributed by atoms with van der Waals surface area (Å²) in [4.78, 5) is 22.5. The molecule has 2 aromatic carbocycles. The molecule has 0 aliphatic carbocycles. The molecule has 0 fully saturated rings. The Morgan fingerprint density at radius 2 is 1.80 bits per heavy atom. The number of carbonyl (C=O) groups is 1. The molecule has 0 radical (unpaired) electrons. The van der Waals surface area contributed by atoms with Gasteiger partial charge in [-0.25, -0.2) is 4.79 Å². The maximum Gasteiger partial charge on any atom is 0.434 e. The summed E-state index contributed by atoms with van der Waals surface area (Å²) in [5.74, 6) is 0. The number of benzene rings is 2. The van der Waals surface area contributed by atoms with Crippen LogP contribution in [0.15, 0.2) is 54.6 Å². The monoisotopic (exact) mass is 415 g/mol. The summed E-state index contributed by atoms with van der Waals surface area (Å²) in [5.41, 5.74) is 1.51. The van der Waals surface area contributed by atoms with Gasteiger partial charge in [0.05, 0.1) is 11.5 Å². The van der Waals surface area contributed by atoms with E-state index in [-0.39, 0.29) is 17.6 Å². The lowest BCUT2D eigenvalue weighted by Crippen LogP contribution is -2.34. The van der Waals surface area contributed by atoms with E-state index in [4.69, 9.17) is 4.74 Å². The summed E-state index contributed by atoms with van der Waals surface area (Å²) >= 11 is 0. The van der Waals surface area contributed by atoms with Crippen LogP contribution in [0.3, 0.4) is 0 Å². The Labute approximate surface area is 176 Å². The average molecular weight is 415 g/mol. The molecule has 30 heavy (non-hydrogen) atoms. The summed E-state index contributed by atoms with van der Waals surface area (Å²) in [6, 6.07) is 15.8. The highest BCUT2D eigenvalue weighted by Gasteiger charge is 2.31. The van der Waals surface area contributed by atoms with E-state index in [1.807, 2.05) is 51.1 Å². The van der Waals surface area contributed by atoms with Crippen LogP contribution in [0.1, 0.15) is 44.4 Å². The first kappa shape index (κ1) is 23.3. The summed E-state index contributed by atoms with van der Waals surface area (Å²) in [7, 11) is 0. The average Bonchev–Trinajstić information content (AvgIpc) is 2.71. The summed E-state index contributed by atoms with van der Waals surface area (Å²) < 4.78 is 5.58. The number of carbonyl (C=O) groups excluding carboxylic acids is 1. The molecule has 2 aromatic rings. The minimum Gasteiger partial charge on any atom is -0.439 e. The first-order valence-corrected chi connectivity index (χ1v) is 9.84. The number of nitro benzene ring substituents is 1. The third kappa shape index (κ3) is 7.13. The van der Waals surface area contributed by atoms with E-state index in [0.29, 0.717) is 24.6 Å². The minimum absolute atomic E-state index is 0.0530. The molecule has 1 amide bonds. The Morgan fingerprint density at radius 1 is 1.17 bits per heavy atom. The molecule has 0 heterocycles. The molecule has 0 aliphatic rings. The molecular weight excluding hydrogens is 386 g/mol. The van der Waals surface area contributed by atoms with Crippen molar-refractivity contribution in [3.8, 4) is 0 Å². The number of nitrogens with one attached hydrogen (secondary N) is 1. The van der Waals surface area contributed by atoms with Crippen molar-refractivity contribution in [2.75, 3.05) is 13.1 Å². The predicted molar refractivity (Wildman–Crippen MR) is 113 cm³/mol. The van der Waals surface area contributed by atoms with Crippen molar-refractivity contribution in [1.82, 2.24) is 10.4 Å². The molecule has 2 rings (SSSR count). The van der Waals surface area contributed by atoms with E-state index in [2.05, 4.69) is 5.32 Å². The summed E-state index contributed by atoms with van der Waals surface area (Å²) in [6.07, 6.45) is -0.750. The van der Waals surface area contributed by atoms with Gasteiger partial charge >= 0.3 is 6.09 Å². The zero-order chi connectivity index (χ0) is 22.1. The van der Waals surface area contributed by atoms with E-state index in [9.17, 15) is 20.1 Å². The van der Waals surface area contributed by atoms with E-state index in [1.54, 1.807) is 12.1 Å². The highest BCUT2D eigenvalue weighted by Crippen LogP contribution is 2.36. The second-order valence-corrected chi connectivity index (χ2v) is 8.12. The van der Waals surface area contributed by atoms with Crippen molar-refractivity contribution in [3.05, 3.63) is 75.8 Å². The fourth-order valence-corrected chi connectivity index (χ4v) is 2.95. The van der Waals surface area contributed by atoms with Crippen LogP contribution in [-0.4, -0.2) is 34.4 Å². The number of nitrogens with zero attached hydrogens (tertiary/aromatic N) is 2. The molecule has 8 heteroatoms. The maximum atomic E-state index is 12.3. The molecule has 162 valence electrons. The Balaban J connectivity index is 1.76. The normalized spacial score (nSPS) is 12.3. The molecule has 0 saturated heterocycles. The number of nitro groups is 1. The Bertz CT molecular complexity index is 819. The Morgan fingerprint density at radius 3 is 2.37 bits per heavy atom. The van der Waals surface area contributed by atoms with Gasteiger partial charge in [0.1, 0.15) is 6.10 Å². The van der Waals surface area contributed by atoms with Gasteiger partial charge in [0.2, 0.25) is 0 Å². The molecule has 1 atom stereocenters. The zero-order valence-electron chi connectivity index (χ0n) is 17.6.